The number of piperazine rings is 1. The molecule has 1 aromatic heterocycles. The molecule has 1 fully saturated rings. The van der Waals surface area contributed by atoms with Gasteiger partial charge in [-0.05, 0) is 0 Å². The minimum Gasteiger partial charge on any atom is -0.480 e. The maximum absolute atomic E-state index is 12.4. The molecule has 2 rings (SSSR count). The number of sulfonamides is 1. The summed E-state index contributed by atoms with van der Waals surface area (Å²) in [6.07, 6.45) is 2.33. The second-order valence-electron chi connectivity index (χ2n) is 4.68. The number of hydrogen-bond donors (Lipinski definition) is 1. The van der Waals surface area contributed by atoms with Gasteiger partial charge in [-0.25, -0.2) is 8.42 Å². The third-order valence-electron chi connectivity index (χ3n) is 3.23. The molecule has 10 heteroatoms. The first kappa shape index (κ1) is 15.4. The van der Waals surface area contributed by atoms with E-state index in [1.165, 1.54) is 17.4 Å². The lowest BCUT2D eigenvalue weighted by Crippen LogP contribution is -2.49. The summed E-state index contributed by atoms with van der Waals surface area (Å²) in [5.74, 6) is -1.18. The number of rotatable bonds is 4. The van der Waals surface area contributed by atoms with Crippen molar-refractivity contribution in [2.45, 2.75) is 18.4 Å². The Morgan fingerprint density at radius 1 is 1.29 bits per heavy atom. The highest BCUT2D eigenvalue weighted by Gasteiger charge is 2.30. The van der Waals surface area contributed by atoms with Gasteiger partial charge in [-0.1, -0.05) is 0 Å². The summed E-state index contributed by atoms with van der Waals surface area (Å²) in [5, 5.41) is 12.4. The zero-order valence-corrected chi connectivity index (χ0v) is 12.3. The Hall–Kier alpha value is -1.94. The van der Waals surface area contributed by atoms with Gasteiger partial charge in [0.15, 0.2) is 0 Å². The van der Waals surface area contributed by atoms with Gasteiger partial charge in [0.2, 0.25) is 15.9 Å². The van der Waals surface area contributed by atoms with Crippen molar-refractivity contribution in [3.05, 3.63) is 12.4 Å². The molecule has 1 aliphatic rings. The van der Waals surface area contributed by atoms with Crippen LogP contribution in [0.15, 0.2) is 17.3 Å². The number of aromatic nitrogens is 2. The second-order valence-corrected chi connectivity index (χ2v) is 6.62. The van der Waals surface area contributed by atoms with Crippen LogP contribution in [0.25, 0.3) is 0 Å². The summed E-state index contributed by atoms with van der Waals surface area (Å²) in [6, 6.07) is 0. The number of nitrogens with zero attached hydrogens (tertiary/aromatic N) is 4. The molecule has 2 heterocycles. The lowest BCUT2D eigenvalue weighted by molar-refractivity contribution is -0.138. The highest BCUT2D eigenvalue weighted by molar-refractivity contribution is 7.89. The fourth-order valence-electron chi connectivity index (χ4n) is 2.10. The molecule has 1 aliphatic heterocycles. The predicted molar refractivity (Wildman–Crippen MR) is 70.9 cm³/mol. The van der Waals surface area contributed by atoms with Crippen molar-refractivity contribution in [3.8, 4) is 0 Å². The Balaban J connectivity index is 2.10. The van der Waals surface area contributed by atoms with Crippen LogP contribution in [0, 0.1) is 0 Å². The molecule has 1 aromatic rings. The lowest BCUT2D eigenvalue weighted by Gasteiger charge is -2.33. The predicted octanol–water partition coefficient (Wildman–Crippen LogP) is -1.18. The van der Waals surface area contributed by atoms with Gasteiger partial charge < -0.3 is 10.0 Å². The van der Waals surface area contributed by atoms with Crippen molar-refractivity contribution >= 4 is 21.9 Å². The topological polar surface area (TPSA) is 113 Å². The summed E-state index contributed by atoms with van der Waals surface area (Å²) in [5.41, 5.74) is 0. The van der Waals surface area contributed by atoms with Gasteiger partial charge in [0.05, 0.1) is 6.20 Å². The lowest BCUT2D eigenvalue weighted by atomic mass is 10.3. The Morgan fingerprint density at radius 3 is 2.43 bits per heavy atom. The zero-order valence-electron chi connectivity index (χ0n) is 11.5. The van der Waals surface area contributed by atoms with Gasteiger partial charge in [0.25, 0.3) is 0 Å². The van der Waals surface area contributed by atoms with E-state index < -0.39 is 22.5 Å². The van der Waals surface area contributed by atoms with Crippen LogP contribution in [0.4, 0.5) is 0 Å². The number of hydrogen-bond acceptors (Lipinski definition) is 5. The van der Waals surface area contributed by atoms with E-state index >= 15 is 0 Å². The maximum atomic E-state index is 12.4. The molecule has 1 N–H and O–H groups in total. The summed E-state index contributed by atoms with van der Waals surface area (Å²) in [7, 11) is -3.71. The smallest absolute Gasteiger partial charge is 0.325 e. The highest BCUT2D eigenvalue weighted by Crippen LogP contribution is 2.17. The Bertz CT molecular complexity index is 645. The molecular weight excluding hydrogens is 300 g/mol. The molecule has 1 amide bonds. The molecule has 116 valence electrons. The van der Waals surface area contributed by atoms with Crippen LogP contribution < -0.4 is 0 Å². The molecule has 0 radical (unpaired) electrons. The van der Waals surface area contributed by atoms with Crippen LogP contribution in [0.1, 0.15) is 6.92 Å². The number of amides is 1. The first-order valence-electron chi connectivity index (χ1n) is 6.30. The first-order valence-corrected chi connectivity index (χ1v) is 7.74. The Kier molecular flexibility index (Phi) is 4.28. The van der Waals surface area contributed by atoms with Crippen molar-refractivity contribution in [2.24, 2.45) is 0 Å². The first-order chi connectivity index (χ1) is 9.80. The van der Waals surface area contributed by atoms with Crippen LogP contribution in [0.3, 0.4) is 0 Å². The molecule has 0 aromatic carbocycles. The highest BCUT2D eigenvalue weighted by atomic mass is 32.2. The number of aliphatic carboxylic acids is 1. The van der Waals surface area contributed by atoms with E-state index in [1.54, 1.807) is 4.90 Å². The van der Waals surface area contributed by atoms with Gasteiger partial charge >= 0.3 is 5.97 Å². The molecule has 1 saturated heterocycles. The fraction of sp³-hybridized carbons (Fsp3) is 0.545. The number of carboxylic acids is 1. The Labute approximate surface area is 121 Å². The van der Waals surface area contributed by atoms with Crippen LogP contribution in [0.5, 0.6) is 0 Å². The minimum atomic E-state index is -3.71. The van der Waals surface area contributed by atoms with E-state index in [0.717, 1.165) is 10.9 Å². The molecule has 0 unspecified atom stereocenters. The zero-order chi connectivity index (χ0) is 15.6. The van der Waals surface area contributed by atoms with Crippen LogP contribution in [-0.2, 0) is 26.2 Å². The van der Waals surface area contributed by atoms with Gasteiger partial charge in [-0.3, -0.25) is 14.3 Å². The van der Waals surface area contributed by atoms with Gasteiger partial charge in [0.1, 0.15) is 11.4 Å². The third-order valence-corrected chi connectivity index (χ3v) is 5.08. The summed E-state index contributed by atoms with van der Waals surface area (Å²) >= 11 is 0. The molecule has 9 nitrogen and oxygen atoms in total. The molecule has 21 heavy (non-hydrogen) atoms. The minimum absolute atomic E-state index is 0.0416. The van der Waals surface area contributed by atoms with Crippen molar-refractivity contribution in [1.82, 2.24) is 19.0 Å². The largest absolute Gasteiger partial charge is 0.480 e. The van der Waals surface area contributed by atoms with E-state index in [-0.39, 0.29) is 23.9 Å². The normalized spacial score (nSPS) is 16.9. The molecule has 0 saturated carbocycles. The van der Waals surface area contributed by atoms with Gasteiger partial charge in [0, 0.05) is 39.3 Å². The van der Waals surface area contributed by atoms with Crippen molar-refractivity contribution in [2.75, 3.05) is 26.2 Å². The standard InChI is InChI=1S/C11H16N4O5S/c1-9(16)13-2-4-15(5-3-13)21(19,20)10-6-12-14(7-10)8-11(17)18/h6-7H,2-5,8H2,1H3,(H,17,18). The maximum Gasteiger partial charge on any atom is 0.325 e. The van der Waals surface area contributed by atoms with Crippen LogP contribution in [-0.4, -0.2) is 70.6 Å². The van der Waals surface area contributed by atoms with Crippen LogP contribution >= 0.6 is 0 Å². The molecule has 0 aliphatic carbocycles. The van der Waals surface area contributed by atoms with E-state index in [1.807, 2.05) is 0 Å². The van der Waals surface area contributed by atoms with E-state index in [2.05, 4.69) is 5.10 Å². The average Bonchev–Trinajstić information content (AvgIpc) is 2.87. The van der Waals surface area contributed by atoms with Gasteiger partial charge in [-0.2, -0.15) is 9.40 Å². The van der Waals surface area contributed by atoms with Crippen molar-refractivity contribution in [1.29, 1.82) is 0 Å². The van der Waals surface area contributed by atoms with E-state index in [0.29, 0.717) is 13.1 Å². The SMILES string of the molecule is CC(=O)N1CCN(S(=O)(=O)c2cnn(CC(=O)O)c2)CC1. The monoisotopic (exact) mass is 316 g/mol. The summed E-state index contributed by atoms with van der Waals surface area (Å²) < 4.78 is 27.1. The number of carbonyl (C=O) groups excluding carboxylic acids is 1. The van der Waals surface area contributed by atoms with Crippen LogP contribution in [0.2, 0.25) is 0 Å². The average molecular weight is 316 g/mol. The molecule has 0 atom stereocenters. The number of carboxylic acid groups (broad SMARTS) is 1. The quantitative estimate of drug-likeness (QED) is 0.748. The molecule has 0 spiro atoms. The fourth-order valence-corrected chi connectivity index (χ4v) is 3.47. The van der Waals surface area contributed by atoms with Gasteiger partial charge in [-0.15, -0.1) is 0 Å². The third kappa shape index (κ3) is 3.39. The summed E-state index contributed by atoms with van der Waals surface area (Å²) in [4.78, 5) is 23.3. The molecule has 0 bridgehead atoms. The molecular formula is C11H16N4O5S. The van der Waals surface area contributed by atoms with E-state index in [4.69, 9.17) is 5.11 Å². The van der Waals surface area contributed by atoms with Crippen molar-refractivity contribution < 1.29 is 23.1 Å². The van der Waals surface area contributed by atoms with Crippen molar-refractivity contribution in [3.63, 3.8) is 0 Å². The van der Waals surface area contributed by atoms with E-state index in [9.17, 15) is 18.0 Å². The number of carbonyl (C=O) groups is 2. The Morgan fingerprint density at radius 2 is 1.90 bits per heavy atom. The summed E-state index contributed by atoms with van der Waals surface area (Å²) in [6.45, 7) is 2.17. The second kappa shape index (κ2) is 5.82.